The number of fused-ring (bicyclic) bond motifs is 1. The van der Waals surface area contributed by atoms with Gasteiger partial charge in [-0.25, -0.2) is 23.3 Å². The molecule has 0 fully saturated rings. The summed E-state index contributed by atoms with van der Waals surface area (Å²) < 4.78 is 84.3. The maximum atomic E-state index is 13.5. The summed E-state index contributed by atoms with van der Waals surface area (Å²) in [6.45, 7) is 4.61. The van der Waals surface area contributed by atoms with Crippen LogP contribution in [-0.2, 0) is 40.8 Å². The van der Waals surface area contributed by atoms with Gasteiger partial charge in [-0.1, -0.05) is 29.8 Å². The van der Waals surface area contributed by atoms with Crippen molar-refractivity contribution in [3.63, 3.8) is 0 Å². The molecule has 0 aromatic heterocycles. The molecular formula is C28H27F3N2O7S. The lowest BCUT2D eigenvalue weighted by molar-refractivity contribution is -0.170. The number of anilines is 1. The molecule has 3 aromatic rings. The summed E-state index contributed by atoms with van der Waals surface area (Å²) in [4.78, 5) is 27.0. The van der Waals surface area contributed by atoms with Crippen LogP contribution in [0.1, 0.15) is 42.3 Å². The van der Waals surface area contributed by atoms with Gasteiger partial charge in [0.25, 0.3) is 10.0 Å². The summed E-state index contributed by atoms with van der Waals surface area (Å²) in [5, 5.41) is 2.77. The molecule has 41 heavy (non-hydrogen) atoms. The highest BCUT2D eigenvalue weighted by Gasteiger charge is 2.56. The molecule has 0 aliphatic carbocycles. The molecule has 0 amide bonds. The Morgan fingerprint density at radius 2 is 1.54 bits per heavy atom. The smallest absolute Gasteiger partial charge is 0.416 e. The summed E-state index contributed by atoms with van der Waals surface area (Å²) >= 11 is 0. The second-order valence-corrected chi connectivity index (χ2v) is 10.8. The van der Waals surface area contributed by atoms with Crippen molar-refractivity contribution in [3.05, 3.63) is 89.0 Å². The SMILES string of the molecule is CCOC(=O)C1(C(=O)OCC)NC(c2ccc(C(F)(F)F)cc2)Oc2ccc(NS(=O)(=O)c3ccc(C)cc3)cc21. The number of ether oxygens (including phenoxy) is 3. The van der Waals surface area contributed by atoms with Gasteiger partial charge in [0.15, 0.2) is 6.23 Å². The molecule has 218 valence electrons. The molecule has 0 saturated heterocycles. The highest BCUT2D eigenvalue weighted by atomic mass is 32.2. The van der Waals surface area contributed by atoms with Crippen LogP contribution in [-0.4, -0.2) is 33.6 Å². The number of sulfonamides is 1. The standard InChI is InChI=1S/C28H27F3N2O7S/c1-4-38-25(34)27(26(35)39-5-2)22-16-20(33-41(36,37)21-13-6-17(3)7-14-21)12-15-23(22)40-24(32-27)18-8-10-19(11-9-18)28(29,30)31/h6-16,24,32-33H,4-5H2,1-3H3. The van der Waals surface area contributed by atoms with Crippen molar-refractivity contribution in [2.75, 3.05) is 17.9 Å². The minimum atomic E-state index is -4.58. The predicted molar refractivity (Wildman–Crippen MR) is 141 cm³/mol. The van der Waals surface area contributed by atoms with Crippen molar-refractivity contribution in [2.24, 2.45) is 0 Å². The molecule has 13 heteroatoms. The van der Waals surface area contributed by atoms with E-state index in [1.54, 1.807) is 12.1 Å². The molecule has 1 aliphatic heterocycles. The number of halogens is 3. The lowest BCUT2D eigenvalue weighted by Crippen LogP contribution is -2.60. The number of alkyl halides is 3. The number of nitrogens with one attached hydrogen (secondary N) is 2. The third-order valence-electron chi connectivity index (χ3n) is 6.26. The summed E-state index contributed by atoms with van der Waals surface area (Å²) in [6.07, 6.45) is -5.86. The first-order valence-electron chi connectivity index (χ1n) is 12.5. The van der Waals surface area contributed by atoms with Crippen LogP contribution in [0.5, 0.6) is 5.75 Å². The number of hydrogen-bond donors (Lipinski definition) is 2. The first-order chi connectivity index (χ1) is 19.3. The molecule has 2 N–H and O–H groups in total. The van der Waals surface area contributed by atoms with Crippen molar-refractivity contribution in [1.82, 2.24) is 5.32 Å². The van der Waals surface area contributed by atoms with E-state index >= 15 is 0 Å². The van der Waals surface area contributed by atoms with Gasteiger partial charge in [-0.3, -0.25) is 4.72 Å². The molecular weight excluding hydrogens is 565 g/mol. The Morgan fingerprint density at radius 1 is 0.951 bits per heavy atom. The van der Waals surface area contributed by atoms with Crippen LogP contribution in [0, 0.1) is 6.92 Å². The molecule has 1 atom stereocenters. The van der Waals surface area contributed by atoms with E-state index in [9.17, 15) is 31.2 Å². The Morgan fingerprint density at radius 3 is 2.07 bits per heavy atom. The second kappa shape index (κ2) is 11.4. The van der Waals surface area contributed by atoms with E-state index in [2.05, 4.69) is 10.0 Å². The quantitative estimate of drug-likeness (QED) is 0.282. The number of carbonyl (C=O) groups is 2. The lowest BCUT2D eigenvalue weighted by Gasteiger charge is -2.40. The van der Waals surface area contributed by atoms with Gasteiger partial charge in [-0.2, -0.15) is 13.2 Å². The largest absolute Gasteiger partial charge is 0.471 e. The highest BCUT2D eigenvalue weighted by Crippen LogP contribution is 2.43. The molecule has 0 saturated carbocycles. The normalized spacial score (nSPS) is 16.2. The summed E-state index contributed by atoms with van der Waals surface area (Å²) in [5.74, 6) is -2.16. The fraction of sp³-hybridized carbons (Fsp3) is 0.286. The summed E-state index contributed by atoms with van der Waals surface area (Å²) in [5.41, 5.74) is -2.33. The fourth-order valence-corrected chi connectivity index (χ4v) is 5.30. The zero-order chi connectivity index (χ0) is 30.0. The Bertz CT molecular complexity index is 1520. The summed E-state index contributed by atoms with van der Waals surface area (Å²) in [6, 6.07) is 14.0. The van der Waals surface area contributed by atoms with Crippen LogP contribution in [0.15, 0.2) is 71.6 Å². The Kier molecular flexibility index (Phi) is 8.31. The number of aryl methyl sites for hydroxylation is 1. The maximum absolute atomic E-state index is 13.5. The van der Waals surface area contributed by atoms with Gasteiger partial charge < -0.3 is 14.2 Å². The number of benzene rings is 3. The van der Waals surface area contributed by atoms with Crippen LogP contribution in [0.3, 0.4) is 0 Å². The Hall–Kier alpha value is -4.10. The number of esters is 2. The van der Waals surface area contributed by atoms with Crippen molar-refractivity contribution in [1.29, 1.82) is 0 Å². The molecule has 1 heterocycles. The average molecular weight is 593 g/mol. The molecule has 1 aliphatic rings. The minimum absolute atomic E-state index is 0.000627. The molecule has 4 rings (SSSR count). The van der Waals surface area contributed by atoms with Crippen LogP contribution < -0.4 is 14.8 Å². The molecule has 0 bridgehead atoms. The zero-order valence-corrected chi connectivity index (χ0v) is 23.1. The van der Waals surface area contributed by atoms with E-state index in [1.165, 1.54) is 44.2 Å². The van der Waals surface area contributed by atoms with Crippen LogP contribution in [0.25, 0.3) is 0 Å². The third kappa shape index (κ3) is 6.00. The van der Waals surface area contributed by atoms with E-state index in [0.717, 1.165) is 29.8 Å². The van der Waals surface area contributed by atoms with Crippen molar-refractivity contribution < 1.29 is 45.4 Å². The van der Waals surface area contributed by atoms with Crippen LogP contribution in [0.2, 0.25) is 0 Å². The number of rotatable bonds is 8. The van der Waals surface area contributed by atoms with Crippen molar-refractivity contribution in [3.8, 4) is 5.75 Å². The van der Waals surface area contributed by atoms with E-state index in [4.69, 9.17) is 14.2 Å². The maximum Gasteiger partial charge on any atom is 0.416 e. The van der Waals surface area contributed by atoms with E-state index < -0.39 is 45.5 Å². The first kappa shape index (κ1) is 29.9. The van der Waals surface area contributed by atoms with Gasteiger partial charge in [0.1, 0.15) is 5.75 Å². The Labute approximate surface area is 234 Å². The van der Waals surface area contributed by atoms with Gasteiger partial charge in [0.2, 0.25) is 5.54 Å². The molecule has 1 unspecified atom stereocenters. The topological polar surface area (TPSA) is 120 Å². The van der Waals surface area contributed by atoms with E-state index in [1.807, 2.05) is 6.92 Å². The average Bonchev–Trinajstić information content (AvgIpc) is 2.92. The predicted octanol–water partition coefficient (Wildman–Crippen LogP) is 4.82. The molecule has 0 spiro atoms. The highest BCUT2D eigenvalue weighted by molar-refractivity contribution is 7.92. The number of carbonyl (C=O) groups excluding carboxylic acids is 2. The Balaban J connectivity index is 1.82. The van der Waals surface area contributed by atoms with E-state index in [0.29, 0.717) is 0 Å². The minimum Gasteiger partial charge on any atom is -0.471 e. The second-order valence-electron chi connectivity index (χ2n) is 9.08. The van der Waals surface area contributed by atoms with Crippen LogP contribution in [0.4, 0.5) is 18.9 Å². The van der Waals surface area contributed by atoms with Gasteiger partial charge in [0.05, 0.1) is 23.7 Å². The van der Waals surface area contributed by atoms with Gasteiger partial charge in [-0.05, 0) is 63.2 Å². The first-order valence-corrected chi connectivity index (χ1v) is 14.0. The number of hydrogen-bond acceptors (Lipinski definition) is 8. The fourth-order valence-electron chi connectivity index (χ4n) is 4.25. The molecule has 9 nitrogen and oxygen atoms in total. The van der Waals surface area contributed by atoms with Gasteiger partial charge >= 0.3 is 18.1 Å². The van der Waals surface area contributed by atoms with Crippen molar-refractivity contribution >= 4 is 27.6 Å². The van der Waals surface area contributed by atoms with E-state index in [-0.39, 0.29) is 40.7 Å². The van der Waals surface area contributed by atoms with Crippen LogP contribution >= 0.6 is 0 Å². The monoisotopic (exact) mass is 592 g/mol. The lowest BCUT2D eigenvalue weighted by atomic mass is 9.86. The molecule has 3 aromatic carbocycles. The zero-order valence-electron chi connectivity index (χ0n) is 22.2. The molecule has 0 radical (unpaired) electrons. The van der Waals surface area contributed by atoms with Crippen molar-refractivity contribution in [2.45, 2.75) is 43.6 Å². The summed E-state index contributed by atoms with van der Waals surface area (Å²) in [7, 11) is -4.06. The third-order valence-corrected chi connectivity index (χ3v) is 7.66. The van der Waals surface area contributed by atoms with Gasteiger partial charge in [-0.15, -0.1) is 0 Å². The van der Waals surface area contributed by atoms with Gasteiger partial charge in [0, 0.05) is 16.8 Å².